The van der Waals surface area contributed by atoms with Gasteiger partial charge in [0.25, 0.3) is 0 Å². The summed E-state index contributed by atoms with van der Waals surface area (Å²) in [6, 6.07) is 15.9. The second-order valence-electron chi connectivity index (χ2n) is 18.4. The number of nitrogens with zero attached hydrogens (tertiary/aromatic N) is 2. The third-order valence-corrected chi connectivity index (χ3v) is 10.2. The van der Waals surface area contributed by atoms with Gasteiger partial charge in [-0.25, -0.2) is 19.2 Å². The van der Waals surface area contributed by atoms with Crippen molar-refractivity contribution in [1.82, 2.24) is 31.1 Å². The number of alkyl carbamates (subject to hydrolysis) is 2. The number of aliphatic carboxylic acids is 1. The number of amides is 6. The number of carboxylic acids is 1. The second kappa shape index (κ2) is 23.0. The minimum absolute atomic E-state index is 0.0727. The molecule has 342 valence electrons. The van der Waals surface area contributed by atoms with Gasteiger partial charge >= 0.3 is 24.2 Å². The first-order valence-corrected chi connectivity index (χ1v) is 21.4. The Morgan fingerprint density at radius 1 is 0.774 bits per heavy atom. The first kappa shape index (κ1) is 50.7. The number of Topliss-reactive ketones (excluding diaryl/α,β-unsaturated/α-hetero) is 1. The number of hydrogen-bond acceptors (Lipinski definition) is 9. The zero-order valence-electron chi connectivity index (χ0n) is 37.9. The smallest absolute Gasteiger partial charge is 0.408 e. The first-order chi connectivity index (χ1) is 29.0. The van der Waals surface area contributed by atoms with Crippen LogP contribution in [0, 0.1) is 11.8 Å². The number of piperidine rings is 1. The molecule has 16 heteroatoms. The van der Waals surface area contributed by atoms with Gasteiger partial charge in [0.15, 0.2) is 5.78 Å². The number of carboxylic acid groups (broad SMARTS) is 1. The van der Waals surface area contributed by atoms with Gasteiger partial charge in [-0.3, -0.25) is 14.4 Å². The number of ether oxygens (including phenoxy) is 2. The highest BCUT2D eigenvalue weighted by molar-refractivity contribution is 6.05. The van der Waals surface area contributed by atoms with E-state index < -0.39 is 76.5 Å². The summed E-state index contributed by atoms with van der Waals surface area (Å²) in [5.74, 6) is -4.27. The number of nitrogens with one attached hydrogen (secondary N) is 4. The molecule has 1 aliphatic heterocycles. The molecule has 1 aliphatic rings. The maximum atomic E-state index is 14.7. The van der Waals surface area contributed by atoms with Crippen molar-refractivity contribution in [2.24, 2.45) is 11.8 Å². The van der Waals surface area contributed by atoms with Crippen molar-refractivity contribution in [3.05, 3.63) is 71.8 Å². The quantitative estimate of drug-likeness (QED) is 0.0843. The van der Waals surface area contributed by atoms with E-state index in [9.17, 15) is 38.7 Å². The summed E-state index contributed by atoms with van der Waals surface area (Å²) >= 11 is 0. The van der Waals surface area contributed by atoms with Crippen LogP contribution in [0.15, 0.2) is 60.7 Å². The lowest BCUT2D eigenvalue weighted by molar-refractivity contribution is -0.152. The number of benzene rings is 2. The van der Waals surface area contributed by atoms with Crippen LogP contribution in [-0.4, -0.2) is 112 Å². The number of urea groups is 1. The molecule has 1 heterocycles. The summed E-state index contributed by atoms with van der Waals surface area (Å²) in [7, 11) is 1.62. The zero-order chi connectivity index (χ0) is 46.3. The van der Waals surface area contributed by atoms with Gasteiger partial charge in [0.1, 0.15) is 22.8 Å². The molecule has 6 amide bonds. The van der Waals surface area contributed by atoms with Crippen LogP contribution in [0.25, 0.3) is 0 Å². The standard InChI is InChI=1S/C46H68N6O10/c1-31(2)28-35(48-38(54)36(29-32-18-12-10-13-19-32)49-41(58)51(9)30-33-20-14-11-15-21-33)37(53)34(22-16-17-25-47-42(59)61-44(3,4)5)39(55)52-26-23-46(24-27-52,40(56)57)50-43(60)62-45(6,7)8/h10-15,18-21,31,34-36H,16-17,22-30H2,1-9H3,(H,47,59)(H,48,54)(H,49,58)(H,50,60)(H,56,57)/t34-,35-,36-/m1/s1. The van der Waals surface area contributed by atoms with Crippen molar-refractivity contribution in [1.29, 1.82) is 0 Å². The molecule has 2 aromatic rings. The molecule has 5 N–H and O–H groups in total. The molecule has 62 heavy (non-hydrogen) atoms. The predicted molar refractivity (Wildman–Crippen MR) is 234 cm³/mol. The lowest BCUT2D eigenvalue weighted by Crippen LogP contribution is -2.62. The predicted octanol–water partition coefficient (Wildman–Crippen LogP) is 5.82. The Morgan fingerprint density at radius 2 is 1.32 bits per heavy atom. The fraction of sp³-hybridized carbons (Fsp3) is 0.587. The van der Waals surface area contributed by atoms with E-state index in [4.69, 9.17) is 9.47 Å². The molecule has 3 rings (SSSR count). The Kier molecular flexibility index (Phi) is 18.8. The van der Waals surface area contributed by atoms with E-state index >= 15 is 0 Å². The first-order valence-electron chi connectivity index (χ1n) is 21.4. The van der Waals surface area contributed by atoms with Gasteiger partial charge in [0, 0.05) is 39.6 Å². The maximum Gasteiger partial charge on any atom is 0.408 e. The van der Waals surface area contributed by atoms with Crippen molar-refractivity contribution < 1.29 is 48.1 Å². The molecule has 2 aromatic carbocycles. The molecule has 0 aliphatic carbocycles. The number of carbonyl (C=O) groups excluding carboxylic acids is 6. The number of likely N-dealkylation sites (tertiary alicyclic amines) is 1. The van der Waals surface area contributed by atoms with Crippen LogP contribution in [-0.2, 0) is 41.6 Å². The van der Waals surface area contributed by atoms with Crippen LogP contribution in [0.5, 0.6) is 0 Å². The Labute approximate surface area is 366 Å². The monoisotopic (exact) mass is 864 g/mol. The van der Waals surface area contributed by atoms with Crippen molar-refractivity contribution >= 4 is 41.8 Å². The van der Waals surface area contributed by atoms with Crippen LogP contribution in [0.2, 0.25) is 0 Å². The van der Waals surface area contributed by atoms with Crippen LogP contribution in [0.1, 0.15) is 105 Å². The molecule has 0 saturated carbocycles. The molecule has 16 nitrogen and oxygen atoms in total. The van der Waals surface area contributed by atoms with Crippen molar-refractivity contribution in [2.75, 3.05) is 26.7 Å². The van der Waals surface area contributed by atoms with Crippen molar-refractivity contribution in [3.8, 4) is 0 Å². The van der Waals surface area contributed by atoms with Gasteiger partial charge in [0.2, 0.25) is 11.8 Å². The molecular weight excluding hydrogens is 797 g/mol. The number of hydrogen-bond donors (Lipinski definition) is 5. The Balaban J connectivity index is 1.87. The molecule has 0 radical (unpaired) electrons. The third kappa shape index (κ3) is 17.0. The molecule has 1 fully saturated rings. The average Bonchev–Trinajstić information content (AvgIpc) is 3.17. The van der Waals surface area contributed by atoms with E-state index in [-0.39, 0.29) is 57.7 Å². The lowest BCUT2D eigenvalue weighted by Gasteiger charge is -2.40. The van der Waals surface area contributed by atoms with Gasteiger partial charge in [-0.05, 0) is 90.7 Å². The Morgan fingerprint density at radius 3 is 1.85 bits per heavy atom. The Hall–Kier alpha value is -5.67. The molecule has 1 saturated heterocycles. The highest BCUT2D eigenvalue weighted by atomic mass is 16.6. The normalized spacial score (nSPS) is 15.3. The van der Waals surface area contributed by atoms with E-state index in [0.29, 0.717) is 19.4 Å². The van der Waals surface area contributed by atoms with Gasteiger partial charge in [-0.2, -0.15) is 0 Å². The van der Waals surface area contributed by atoms with Crippen molar-refractivity contribution in [3.63, 3.8) is 0 Å². The van der Waals surface area contributed by atoms with Crippen molar-refractivity contribution in [2.45, 2.75) is 136 Å². The number of rotatable bonds is 19. The number of unbranched alkanes of at least 4 members (excludes halogenated alkanes) is 1. The van der Waals surface area contributed by atoms with E-state index in [2.05, 4.69) is 21.3 Å². The molecular formula is C46H68N6O10. The lowest BCUT2D eigenvalue weighted by atomic mass is 9.84. The number of carbonyl (C=O) groups is 7. The van der Waals surface area contributed by atoms with E-state index in [0.717, 1.165) is 11.1 Å². The largest absolute Gasteiger partial charge is 0.480 e. The average molecular weight is 865 g/mol. The summed E-state index contributed by atoms with van der Waals surface area (Å²) < 4.78 is 10.6. The van der Waals surface area contributed by atoms with Gasteiger partial charge in [-0.1, -0.05) is 80.9 Å². The van der Waals surface area contributed by atoms with Crippen LogP contribution in [0.4, 0.5) is 14.4 Å². The molecule has 3 atom stereocenters. The summed E-state index contributed by atoms with van der Waals surface area (Å²) in [4.78, 5) is 97.4. The maximum absolute atomic E-state index is 14.7. The Bertz CT molecular complexity index is 1820. The van der Waals surface area contributed by atoms with E-state index in [1.807, 2.05) is 74.5 Å². The second-order valence-corrected chi connectivity index (χ2v) is 18.4. The van der Waals surface area contributed by atoms with Gasteiger partial charge < -0.3 is 45.6 Å². The van der Waals surface area contributed by atoms with Gasteiger partial charge in [0.05, 0.1) is 12.0 Å². The highest BCUT2D eigenvalue weighted by Gasteiger charge is 2.46. The molecule has 0 aromatic heterocycles. The van der Waals surface area contributed by atoms with E-state index in [1.165, 1.54) is 9.80 Å². The molecule has 0 unspecified atom stereocenters. The summed E-state index contributed by atoms with van der Waals surface area (Å²) in [5.41, 5.74) is -1.59. The third-order valence-electron chi connectivity index (χ3n) is 10.2. The summed E-state index contributed by atoms with van der Waals surface area (Å²) in [6.07, 6.45) is -0.637. The fourth-order valence-electron chi connectivity index (χ4n) is 7.07. The minimum Gasteiger partial charge on any atom is -0.480 e. The van der Waals surface area contributed by atoms with Crippen LogP contribution in [0.3, 0.4) is 0 Å². The summed E-state index contributed by atoms with van der Waals surface area (Å²) in [6.45, 7) is 14.4. The zero-order valence-corrected chi connectivity index (χ0v) is 37.9. The minimum atomic E-state index is -1.70. The fourth-order valence-corrected chi connectivity index (χ4v) is 7.07. The molecule has 0 spiro atoms. The number of ketones is 1. The van der Waals surface area contributed by atoms with Gasteiger partial charge in [-0.15, -0.1) is 0 Å². The van der Waals surface area contributed by atoms with Crippen LogP contribution >= 0.6 is 0 Å². The molecule has 0 bridgehead atoms. The summed E-state index contributed by atoms with van der Waals surface area (Å²) in [5, 5.41) is 21.2. The van der Waals surface area contributed by atoms with E-state index in [1.54, 1.807) is 48.6 Å². The SMILES string of the molecule is CC(C)C[C@@H](NC(=O)[C@@H](Cc1ccccc1)NC(=O)N(C)Cc1ccccc1)C(=O)[C@@H](CCCCNC(=O)OC(C)(C)C)C(=O)N1CCC(NC(=O)OC(C)(C)C)(C(=O)O)CC1. The highest BCUT2D eigenvalue weighted by Crippen LogP contribution is 2.27. The van der Waals surface area contributed by atoms with Crippen LogP contribution < -0.4 is 21.3 Å². The topological polar surface area (TPSA) is 213 Å².